The number of nitrogens with two attached hydrogens (primary N) is 1. The van der Waals surface area contributed by atoms with Crippen LogP contribution in [0.5, 0.6) is 0 Å². The lowest BCUT2D eigenvalue weighted by molar-refractivity contribution is 0.357. The normalized spacial score (nSPS) is 18.3. The van der Waals surface area contributed by atoms with Gasteiger partial charge in [-0.25, -0.2) is 13.4 Å². The maximum Gasteiger partial charge on any atom is 0.246 e. The van der Waals surface area contributed by atoms with Crippen molar-refractivity contribution in [2.75, 3.05) is 12.8 Å². The number of rotatable bonds is 4. The summed E-state index contributed by atoms with van der Waals surface area (Å²) in [6.45, 7) is 1.93. The molecule has 1 atom stereocenters. The number of anilines is 1. The summed E-state index contributed by atoms with van der Waals surface area (Å²) in [4.78, 5) is 3.91. The van der Waals surface area contributed by atoms with Crippen LogP contribution in [0.2, 0.25) is 0 Å². The highest BCUT2D eigenvalue weighted by atomic mass is 32.2. The highest BCUT2D eigenvalue weighted by molar-refractivity contribution is 7.89. The number of sulfonamides is 1. The van der Waals surface area contributed by atoms with Crippen LogP contribution < -0.4 is 5.73 Å². The van der Waals surface area contributed by atoms with Gasteiger partial charge in [0.2, 0.25) is 10.0 Å². The van der Waals surface area contributed by atoms with E-state index in [2.05, 4.69) is 4.98 Å². The number of hydrogen-bond acceptors (Lipinski definition) is 4. The van der Waals surface area contributed by atoms with E-state index in [0.29, 0.717) is 5.92 Å². The average Bonchev–Trinajstić information content (AvgIpc) is 3.11. The fourth-order valence-electron chi connectivity index (χ4n) is 1.87. The Morgan fingerprint density at radius 3 is 2.71 bits per heavy atom. The summed E-state index contributed by atoms with van der Waals surface area (Å²) in [6.07, 6.45) is 3.69. The summed E-state index contributed by atoms with van der Waals surface area (Å²) < 4.78 is 26.1. The van der Waals surface area contributed by atoms with Crippen LogP contribution in [0.3, 0.4) is 0 Å². The zero-order valence-electron chi connectivity index (χ0n) is 10.00. The van der Waals surface area contributed by atoms with Crippen LogP contribution >= 0.6 is 0 Å². The van der Waals surface area contributed by atoms with E-state index in [4.69, 9.17) is 5.73 Å². The van der Waals surface area contributed by atoms with Crippen LogP contribution in [0.15, 0.2) is 23.2 Å². The second kappa shape index (κ2) is 4.27. The number of hydrogen-bond donors (Lipinski definition) is 1. The van der Waals surface area contributed by atoms with Gasteiger partial charge in [-0.15, -0.1) is 0 Å². The van der Waals surface area contributed by atoms with E-state index in [-0.39, 0.29) is 16.8 Å². The quantitative estimate of drug-likeness (QED) is 0.873. The van der Waals surface area contributed by atoms with E-state index < -0.39 is 10.0 Å². The molecule has 2 rings (SSSR count). The van der Waals surface area contributed by atoms with Crippen molar-refractivity contribution in [3.05, 3.63) is 18.3 Å². The molecule has 0 amide bonds. The van der Waals surface area contributed by atoms with Crippen LogP contribution in [-0.4, -0.2) is 30.8 Å². The Balaban J connectivity index is 2.32. The van der Waals surface area contributed by atoms with Gasteiger partial charge in [0.25, 0.3) is 0 Å². The van der Waals surface area contributed by atoms with E-state index in [9.17, 15) is 8.42 Å². The van der Waals surface area contributed by atoms with E-state index >= 15 is 0 Å². The monoisotopic (exact) mass is 255 g/mol. The Bertz CT molecular complexity index is 511. The molecule has 94 valence electrons. The molecule has 0 spiro atoms. The third-order valence-corrected chi connectivity index (χ3v) is 5.33. The molecule has 2 N–H and O–H groups in total. The molecule has 0 aromatic carbocycles. The van der Waals surface area contributed by atoms with E-state index in [0.717, 1.165) is 12.8 Å². The number of nitrogen functional groups attached to an aromatic ring is 1. The summed E-state index contributed by atoms with van der Waals surface area (Å²) in [6, 6.07) is 3.09. The van der Waals surface area contributed by atoms with Gasteiger partial charge in [-0.05, 0) is 37.8 Å². The summed E-state index contributed by atoms with van der Waals surface area (Å²) in [5.41, 5.74) is 5.62. The van der Waals surface area contributed by atoms with Crippen LogP contribution in [0.1, 0.15) is 19.8 Å². The van der Waals surface area contributed by atoms with Gasteiger partial charge in [0.1, 0.15) is 10.7 Å². The molecule has 1 aromatic rings. The summed E-state index contributed by atoms with van der Waals surface area (Å²) in [7, 11) is -1.93. The first-order valence-electron chi connectivity index (χ1n) is 5.63. The number of pyridine rings is 1. The van der Waals surface area contributed by atoms with Crippen molar-refractivity contribution < 1.29 is 8.42 Å². The van der Waals surface area contributed by atoms with Gasteiger partial charge in [-0.2, -0.15) is 4.31 Å². The third kappa shape index (κ3) is 2.28. The van der Waals surface area contributed by atoms with Crippen molar-refractivity contribution in [3.63, 3.8) is 0 Å². The minimum Gasteiger partial charge on any atom is -0.383 e. The molecule has 0 saturated heterocycles. The molecule has 1 fully saturated rings. The first-order chi connectivity index (χ1) is 7.94. The first-order valence-corrected chi connectivity index (χ1v) is 7.07. The molecule has 6 heteroatoms. The van der Waals surface area contributed by atoms with Gasteiger partial charge in [0.05, 0.1) is 0 Å². The van der Waals surface area contributed by atoms with Crippen molar-refractivity contribution in [2.24, 2.45) is 5.92 Å². The van der Waals surface area contributed by atoms with Gasteiger partial charge in [0, 0.05) is 19.3 Å². The summed E-state index contributed by atoms with van der Waals surface area (Å²) >= 11 is 0. The molecule has 1 aromatic heterocycles. The lowest BCUT2D eigenvalue weighted by Gasteiger charge is -2.24. The number of nitrogens with zero attached hydrogens (tertiary/aromatic N) is 2. The maximum atomic E-state index is 12.3. The van der Waals surface area contributed by atoms with Crippen molar-refractivity contribution >= 4 is 15.8 Å². The second-order valence-corrected chi connectivity index (χ2v) is 6.45. The minimum absolute atomic E-state index is 0.0135. The number of aromatic nitrogens is 1. The Morgan fingerprint density at radius 2 is 2.18 bits per heavy atom. The molecule has 1 unspecified atom stereocenters. The van der Waals surface area contributed by atoms with E-state index in [1.54, 1.807) is 13.1 Å². The molecule has 1 saturated carbocycles. The molecule has 0 bridgehead atoms. The SMILES string of the molecule is CC(C1CC1)N(C)S(=O)(=O)c1cccnc1N. The van der Waals surface area contributed by atoms with E-state index in [1.807, 2.05) is 6.92 Å². The van der Waals surface area contributed by atoms with Crippen LogP contribution in [0, 0.1) is 5.92 Å². The lowest BCUT2D eigenvalue weighted by Crippen LogP contribution is -2.36. The molecule has 17 heavy (non-hydrogen) atoms. The maximum absolute atomic E-state index is 12.3. The third-order valence-electron chi connectivity index (χ3n) is 3.33. The lowest BCUT2D eigenvalue weighted by atomic mass is 10.2. The molecular formula is C11H17N3O2S. The van der Waals surface area contributed by atoms with Crippen LogP contribution in [0.4, 0.5) is 5.82 Å². The second-order valence-electron chi connectivity index (χ2n) is 4.49. The largest absolute Gasteiger partial charge is 0.383 e. The molecule has 1 heterocycles. The highest BCUT2D eigenvalue weighted by Crippen LogP contribution is 2.36. The van der Waals surface area contributed by atoms with Gasteiger partial charge in [-0.3, -0.25) is 0 Å². The fraction of sp³-hybridized carbons (Fsp3) is 0.545. The van der Waals surface area contributed by atoms with Gasteiger partial charge in [0.15, 0.2) is 0 Å². The molecule has 1 aliphatic rings. The fourth-order valence-corrected chi connectivity index (χ4v) is 3.36. The van der Waals surface area contributed by atoms with Crippen LogP contribution in [0.25, 0.3) is 0 Å². The topological polar surface area (TPSA) is 76.3 Å². The highest BCUT2D eigenvalue weighted by Gasteiger charge is 2.36. The zero-order valence-corrected chi connectivity index (χ0v) is 10.8. The summed E-state index contributed by atoms with van der Waals surface area (Å²) in [5, 5.41) is 0. The van der Waals surface area contributed by atoms with Gasteiger partial charge in [-0.1, -0.05) is 0 Å². The van der Waals surface area contributed by atoms with Crippen molar-refractivity contribution in [2.45, 2.75) is 30.7 Å². The first kappa shape index (κ1) is 12.3. The van der Waals surface area contributed by atoms with Gasteiger partial charge >= 0.3 is 0 Å². The smallest absolute Gasteiger partial charge is 0.246 e. The Kier molecular flexibility index (Phi) is 3.09. The van der Waals surface area contributed by atoms with Crippen molar-refractivity contribution in [1.29, 1.82) is 0 Å². The Labute approximate surface area is 102 Å². The van der Waals surface area contributed by atoms with Gasteiger partial charge < -0.3 is 5.73 Å². The molecule has 0 aliphatic heterocycles. The summed E-state index contributed by atoms with van der Waals surface area (Å²) in [5.74, 6) is 0.537. The standard InChI is InChI=1S/C11H17N3O2S/c1-8(9-5-6-9)14(2)17(15,16)10-4-3-7-13-11(10)12/h3-4,7-9H,5-6H2,1-2H3,(H2,12,13). The predicted octanol–water partition coefficient (Wildman–Crippen LogP) is 1.08. The molecule has 0 radical (unpaired) electrons. The molecule has 1 aliphatic carbocycles. The predicted molar refractivity (Wildman–Crippen MR) is 65.8 cm³/mol. The molecule has 5 nitrogen and oxygen atoms in total. The average molecular weight is 255 g/mol. The Hall–Kier alpha value is -1.14. The van der Waals surface area contributed by atoms with Crippen LogP contribution in [-0.2, 0) is 10.0 Å². The molecular weight excluding hydrogens is 238 g/mol. The van der Waals surface area contributed by atoms with Crippen molar-refractivity contribution in [3.8, 4) is 0 Å². The minimum atomic E-state index is -3.53. The zero-order chi connectivity index (χ0) is 12.6. The van der Waals surface area contributed by atoms with E-state index in [1.165, 1.54) is 16.6 Å². The Morgan fingerprint density at radius 1 is 1.53 bits per heavy atom. The van der Waals surface area contributed by atoms with Crippen molar-refractivity contribution in [1.82, 2.24) is 9.29 Å².